The van der Waals surface area contributed by atoms with E-state index < -0.39 is 5.97 Å². The summed E-state index contributed by atoms with van der Waals surface area (Å²) >= 11 is 1.42. The normalized spacial score (nSPS) is 10.3. The van der Waals surface area contributed by atoms with Crippen LogP contribution in [0.4, 0.5) is 0 Å². The van der Waals surface area contributed by atoms with Crippen LogP contribution in [0.15, 0.2) is 23.6 Å². The first-order valence-electron chi connectivity index (χ1n) is 7.11. The Hall–Kier alpha value is -2.08. The lowest BCUT2D eigenvalue weighted by Gasteiger charge is -2.12. The molecule has 22 heavy (non-hydrogen) atoms. The molecule has 118 valence electrons. The average Bonchev–Trinajstić information content (AvgIpc) is 2.94. The average molecular weight is 321 g/mol. The topological polar surface area (TPSA) is 57.7 Å². The van der Waals surface area contributed by atoms with E-state index in [1.807, 2.05) is 39.0 Å². The number of benzene rings is 1. The molecular weight excluding hydrogens is 302 g/mol. The van der Waals surface area contributed by atoms with Gasteiger partial charge in [0.05, 0.1) is 18.2 Å². The molecule has 0 saturated carbocycles. The number of hydrogen-bond donors (Lipinski definition) is 0. The van der Waals surface area contributed by atoms with Gasteiger partial charge in [0.1, 0.15) is 6.61 Å². The Morgan fingerprint density at radius 3 is 2.55 bits per heavy atom. The van der Waals surface area contributed by atoms with Crippen LogP contribution < -0.4 is 9.47 Å². The summed E-state index contributed by atoms with van der Waals surface area (Å²) in [4.78, 5) is 16.0. The van der Waals surface area contributed by atoms with E-state index in [4.69, 9.17) is 14.2 Å². The van der Waals surface area contributed by atoms with E-state index in [9.17, 15) is 4.79 Å². The number of thiazole rings is 1. The molecule has 0 aliphatic heterocycles. The zero-order valence-electron chi connectivity index (χ0n) is 12.9. The van der Waals surface area contributed by atoms with Crippen molar-refractivity contribution in [1.29, 1.82) is 0 Å². The Kier molecular flexibility index (Phi) is 5.77. The van der Waals surface area contributed by atoms with E-state index in [0.29, 0.717) is 30.4 Å². The molecule has 1 heterocycles. The van der Waals surface area contributed by atoms with Crippen LogP contribution in [-0.2, 0) is 11.3 Å². The summed E-state index contributed by atoms with van der Waals surface area (Å²) in [7, 11) is 0. The van der Waals surface area contributed by atoms with Gasteiger partial charge in [-0.3, -0.25) is 0 Å². The Morgan fingerprint density at radius 2 is 1.91 bits per heavy atom. The fourth-order valence-corrected chi connectivity index (χ4v) is 2.45. The van der Waals surface area contributed by atoms with Crippen molar-refractivity contribution in [3.05, 3.63) is 39.8 Å². The Bertz CT molecular complexity index is 639. The number of esters is 1. The molecule has 0 fully saturated rings. The van der Waals surface area contributed by atoms with Gasteiger partial charge in [-0.05, 0) is 38.5 Å². The summed E-state index contributed by atoms with van der Waals surface area (Å²) in [6.07, 6.45) is 0. The smallest absolute Gasteiger partial charge is 0.358 e. The molecule has 0 aliphatic rings. The molecule has 0 radical (unpaired) electrons. The van der Waals surface area contributed by atoms with Gasteiger partial charge in [-0.25, -0.2) is 9.78 Å². The zero-order chi connectivity index (χ0) is 15.9. The zero-order valence-corrected chi connectivity index (χ0v) is 13.7. The van der Waals surface area contributed by atoms with Crippen molar-refractivity contribution in [2.75, 3.05) is 13.2 Å². The molecule has 1 aromatic heterocycles. The predicted octanol–water partition coefficient (Wildman–Crippen LogP) is 3.61. The minimum absolute atomic E-state index is 0.169. The maximum atomic E-state index is 11.9. The van der Waals surface area contributed by atoms with Gasteiger partial charge in [0, 0.05) is 5.38 Å². The summed E-state index contributed by atoms with van der Waals surface area (Å²) < 4.78 is 16.3. The van der Waals surface area contributed by atoms with Crippen LogP contribution in [0.3, 0.4) is 0 Å². The maximum absolute atomic E-state index is 11.9. The van der Waals surface area contributed by atoms with Gasteiger partial charge in [-0.15, -0.1) is 11.3 Å². The van der Waals surface area contributed by atoms with E-state index >= 15 is 0 Å². The summed E-state index contributed by atoms with van der Waals surface area (Å²) in [5, 5.41) is 2.54. The van der Waals surface area contributed by atoms with Gasteiger partial charge in [-0.2, -0.15) is 0 Å². The van der Waals surface area contributed by atoms with Crippen LogP contribution in [0.2, 0.25) is 0 Å². The monoisotopic (exact) mass is 321 g/mol. The van der Waals surface area contributed by atoms with Crippen molar-refractivity contribution in [3.8, 4) is 11.5 Å². The molecule has 0 saturated heterocycles. The van der Waals surface area contributed by atoms with Crippen LogP contribution in [0.5, 0.6) is 11.5 Å². The fourth-order valence-electron chi connectivity index (χ4n) is 1.87. The van der Waals surface area contributed by atoms with Gasteiger partial charge in [-0.1, -0.05) is 6.07 Å². The molecule has 0 aliphatic carbocycles. The summed E-state index contributed by atoms with van der Waals surface area (Å²) in [5.41, 5.74) is 1.19. The molecule has 5 nitrogen and oxygen atoms in total. The van der Waals surface area contributed by atoms with Crippen molar-refractivity contribution >= 4 is 17.3 Å². The lowest BCUT2D eigenvalue weighted by atomic mass is 10.2. The van der Waals surface area contributed by atoms with Gasteiger partial charge in [0.25, 0.3) is 0 Å². The van der Waals surface area contributed by atoms with Crippen LogP contribution in [0, 0.1) is 6.92 Å². The number of carbonyl (C=O) groups excluding carboxylic acids is 1. The molecule has 1 aromatic carbocycles. The molecule has 0 N–H and O–H groups in total. The van der Waals surface area contributed by atoms with Gasteiger partial charge in [0.2, 0.25) is 0 Å². The Morgan fingerprint density at radius 1 is 1.18 bits per heavy atom. The van der Waals surface area contributed by atoms with Crippen molar-refractivity contribution in [3.63, 3.8) is 0 Å². The van der Waals surface area contributed by atoms with Crippen molar-refractivity contribution in [2.45, 2.75) is 27.4 Å². The lowest BCUT2D eigenvalue weighted by Crippen LogP contribution is -2.06. The van der Waals surface area contributed by atoms with Crippen LogP contribution in [0.1, 0.15) is 34.9 Å². The highest BCUT2D eigenvalue weighted by molar-refractivity contribution is 7.09. The highest BCUT2D eigenvalue weighted by Gasteiger charge is 2.12. The largest absolute Gasteiger partial charge is 0.490 e. The van der Waals surface area contributed by atoms with Crippen molar-refractivity contribution in [1.82, 2.24) is 4.98 Å². The Balaban J connectivity index is 2.03. The quantitative estimate of drug-likeness (QED) is 0.729. The molecule has 0 spiro atoms. The van der Waals surface area contributed by atoms with E-state index in [1.165, 1.54) is 11.3 Å². The maximum Gasteiger partial charge on any atom is 0.358 e. The minimum Gasteiger partial charge on any atom is -0.490 e. The minimum atomic E-state index is -0.420. The first-order valence-corrected chi connectivity index (χ1v) is 7.99. The molecular formula is C16H19NO4S. The number of hydrogen-bond acceptors (Lipinski definition) is 6. The number of aromatic nitrogens is 1. The summed E-state index contributed by atoms with van der Waals surface area (Å²) in [6, 6.07) is 5.51. The number of ether oxygens (including phenoxy) is 3. The fraction of sp³-hybridized carbons (Fsp3) is 0.375. The number of rotatable bonds is 7. The second kappa shape index (κ2) is 7.79. The van der Waals surface area contributed by atoms with Crippen LogP contribution in [0.25, 0.3) is 0 Å². The molecule has 2 aromatic rings. The molecule has 0 amide bonds. The predicted molar refractivity (Wildman–Crippen MR) is 84.8 cm³/mol. The van der Waals surface area contributed by atoms with E-state index in [1.54, 1.807) is 5.38 Å². The molecule has 0 atom stereocenters. The summed E-state index contributed by atoms with van der Waals surface area (Å²) in [5.74, 6) is 0.924. The van der Waals surface area contributed by atoms with Crippen LogP contribution in [-0.4, -0.2) is 24.2 Å². The third-order valence-electron chi connectivity index (χ3n) is 2.81. The van der Waals surface area contributed by atoms with Gasteiger partial charge in [0.15, 0.2) is 17.2 Å². The molecule has 0 unspecified atom stereocenters. The molecule has 6 heteroatoms. The molecule has 0 bridgehead atoms. The first kappa shape index (κ1) is 16.3. The van der Waals surface area contributed by atoms with Gasteiger partial charge < -0.3 is 14.2 Å². The van der Waals surface area contributed by atoms with Gasteiger partial charge >= 0.3 is 5.97 Å². The highest BCUT2D eigenvalue weighted by Crippen LogP contribution is 2.28. The first-order chi connectivity index (χ1) is 10.6. The highest BCUT2D eigenvalue weighted by atomic mass is 32.1. The lowest BCUT2D eigenvalue weighted by molar-refractivity contribution is 0.0466. The third kappa shape index (κ3) is 4.21. The van der Waals surface area contributed by atoms with E-state index in [2.05, 4.69) is 4.98 Å². The van der Waals surface area contributed by atoms with E-state index in [0.717, 1.165) is 10.6 Å². The number of aryl methyl sites for hydroxylation is 1. The standard InChI is InChI=1S/C16H19NO4S/c1-4-19-14-7-6-12(8-15(14)20-5-2)9-21-16(18)13-10-22-11(3)17-13/h6-8,10H,4-5,9H2,1-3H3. The second-order valence-corrected chi connectivity index (χ2v) is 5.54. The van der Waals surface area contributed by atoms with Crippen molar-refractivity contribution < 1.29 is 19.0 Å². The third-order valence-corrected chi connectivity index (χ3v) is 3.58. The second-order valence-electron chi connectivity index (χ2n) is 4.48. The van der Waals surface area contributed by atoms with Crippen LogP contribution >= 0.6 is 11.3 Å². The summed E-state index contributed by atoms with van der Waals surface area (Å²) in [6.45, 7) is 6.96. The number of carbonyl (C=O) groups is 1. The van der Waals surface area contributed by atoms with Crippen molar-refractivity contribution in [2.24, 2.45) is 0 Å². The van der Waals surface area contributed by atoms with E-state index in [-0.39, 0.29) is 6.61 Å². The molecule has 2 rings (SSSR count). The number of nitrogens with zero attached hydrogens (tertiary/aromatic N) is 1. The Labute approximate surface area is 133 Å². The SMILES string of the molecule is CCOc1ccc(COC(=O)c2csc(C)n2)cc1OCC.